The monoisotopic (exact) mass is 388 g/mol. The molecule has 8 heteroatoms. The van der Waals surface area contributed by atoms with Gasteiger partial charge in [-0.3, -0.25) is 9.10 Å². The lowest BCUT2D eigenvalue weighted by molar-refractivity contribution is -0.118. The Morgan fingerprint density at radius 3 is 2.44 bits per heavy atom. The molecule has 2 aromatic rings. The van der Waals surface area contributed by atoms with Gasteiger partial charge < -0.3 is 10.5 Å². The van der Waals surface area contributed by atoms with Gasteiger partial charge in [0, 0.05) is 0 Å². The zero-order valence-electron chi connectivity index (χ0n) is 14.6. The van der Waals surface area contributed by atoms with Crippen LogP contribution >= 0.6 is 0 Å². The Morgan fingerprint density at radius 2 is 1.81 bits per heavy atom. The van der Waals surface area contributed by atoms with Crippen molar-refractivity contribution in [3.63, 3.8) is 0 Å². The van der Waals surface area contributed by atoms with Crippen molar-refractivity contribution in [3.8, 4) is 0 Å². The zero-order valence-corrected chi connectivity index (χ0v) is 15.4. The Kier molecular flexibility index (Phi) is 6.73. The Hall–Kier alpha value is -3.13. The second kappa shape index (κ2) is 9.00. The van der Waals surface area contributed by atoms with E-state index in [1.54, 1.807) is 30.3 Å². The number of hydrogen-bond acceptors (Lipinski definition) is 5. The normalized spacial score (nSPS) is 10.8. The Balaban J connectivity index is 2.31. The highest BCUT2D eigenvalue weighted by Gasteiger charge is 2.25. The molecule has 0 aliphatic heterocycles. The molecule has 0 bridgehead atoms. The van der Waals surface area contributed by atoms with Crippen LogP contribution in [0.2, 0.25) is 0 Å². The number of carbonyl (C=O) groups excluding carboxylic acids is 2. The minimum atomic E-state index is -3.93. The van der Waals surface area contributed by atoms with Gasteiger partial charge in [-0.05, 0) is 30.3 Å². The third-order valence-electron chi connectivity index (χ3n) is 3.58. The largest absolute Gasteiger partial charge is 0.462 e. The molecule has 142 valence electrons. The number of para-hydroxylation sites is 1. The van der Waals surface area contributed by atoms with Crippen molar-refractivity contribution in [2.45, 2.75) is 11.3 Å². The molecule has 2 aromatic carbocycles. The van der Waals surface area contributed by atoms with E-state index in [2.05, 4.69) is 6.58 Å². The maximum atomic E-state index is 13.1. The second-order valence-corrected chi connectivity index (χ2v) is 7.40. The summed E-state index contributed by atoms with van der Waals surface area (Å²) in [6, 6.07) is 14.1. The number of sulfonamides is 1. The van der Waals surface area contributed by atoms with Gasteiger partial charge in [-0.15, -0.1) is 6.58 Å². The molecule has 0 spiro atoms. The van der Waals surface area contributed by atoms with Crippen LogP contribution in [0, 0.1) is 0 Å². The molecular weight excluding hydrogens is 368 g/mol. The van der Waals surface area contributed by atoms with E-state index in [0.717, 1.165) is 0 Å². The van der Waals surface area contributed by atoms with Crippen molar-refractivity contribution in [2.24, 2.45) is 5.73 Å². The van der Waals surface area contributed by atoms with E-state index in [4.69, 9.17) is 10.5 Å². The van der Waals surface area contributed by atoms with Gasteiger partial charge in [-0.2, -0.15) is 0 Å². The van der Waals surface area contributed by atoms with Crippen LogP contribution in [0.1, 0.15) is 16.8 Å². The standard InChI is InChI=1S/C19H20N2O5S/c1-2-12-21(16-8-4-3-5-9-16)27(24,25)17-10-6-7-15(14-17)19(23)26-13-11-18(20)22/h2-10,14H,1,11-13H2,(H2,20,22). The molecule has 0 saturated carbocycles. The Labute approximate surface area is 158 Å². The van der Waals surface area contributed by atoms with E-state index in [0.29, 0.717) is 5.69 Å². The quantitative estimate of drug-likeness (QED) is 0.523. The van der Waals surface area contributed by atoms with Gasteiger partial charge in [-0.25, -0.2) is 13.2 Å². The molecule has 2 rings (SSSR count). The average molecular weight is 388 g/mol. The van der Waals surface area contributed by atoms with E-state index < -0.39 is 21.9 Å². The summed E-state index contributed by atoms with van der Waals surface area (Å²) >= 11 is 0. The molecule has 0 fully saturated rings. The van der Waals surface area contributed by atoms with Crippen molar-refractivity contribution >= 4 is 27.6 Å². The van der Waals surface area contributed by atoms with Gasteiger partial charge in [0.05, 0.1) is 29.1 Å². The smallest absolute Gasteiger partial charge is 0.338 e. The second-order valence-electron chi connectivity index (χ2n) is 5.54. The highest BCUT2D eigenvalue weighted by atomic mass is 32.2. The van der Waals surface area contributed by atoms with E-state index in [9.17, 15) is 18.0 Å². The Bertz CT molecular complexity index is 926. The fraction of sp³-hybridized carbons (Fsp3) is 0.158. The predicted molar refractivity (Wildman–Crippen MR) is 102 cm³/mol. The number of carbonyl (C=O) groups is 2. The molecule has 0 atom stereocenters. The van der Waals surface area contributed by atoms with Crippen molar-refractivity contribution in [2.75, 3.05) is 17.5 Å². The molecule has 0 radical (unpaired) electrons. The number of amides is 1. The number of esters is 1. The van der Waals surface area contributed by atoms with E-state index in [-0.39, 0.29) is 30.0 Å². The van der Waals surface area contributed by atoms with Crippen molar-refractivity contribution in [1.82, 2.24) is 0 Å². The topological polar surface area (TPSA) is 107 Å². The lowest BCUT2D eigenvalue weighted by Crippen LogP contribution is -2.31. The van der Waals surface area contributed by atoms with Crippen LogP contribution in [0.15, 0.2) is 72.1 Å². The van der Waals surface area contributed by atoms with Gasteiger partial charge in [0.1, 0.15) is 6.61 Å². The van der Waals surface area contributed by atoms with Crippen LogP contribution in [0.3, 0.4) is 0 Å². The van der Waals surface area contributed by atoms with Crippen molar-refractivity contribution in [1.29, 1.82) is 0 Å². The van der Waals surface area contributed by atoms with Crippen LogP contribution in [0.25, 0.3) is 0 Å². The van der Waals surface area contributed by atoms with Crippen LogP contribution in [-0.2, 0) is 19.6 Å². The number of rotatable bonds is 9. The number of nitrogens with two attached hydrogens (primary N) is 1. The molecule has 0 heterocycles. The summed E-state index contributed by atoms with van der Waals surface area (Å²) in [6.45, 7) is 3.51. The van der Waals surface area contributed by atoms with E-state index in [1.165, 1.54) is 34.6 Å². The third-order valence-corrected chi connectivity index (χ3v) is 5.37. The molecule has 2 N–H and O–H groups in total. The third kappa shape index (κ3) is 5.18. The molecule has 7 nitrogen and oxygen atoms in total. The summed E-state index contributed by atoms with van der Waals surface area (Å²) in [6.07, 6.45) is 1.37. The summed E-state index contributed by atoms with van der Waals surface area (Å²) in [5, 5.41) is 0. The van der Waals surface area contributed by atoms with E-state index >= 15 is 0 Å². The lowest BCUT2D eigenvalue weighted by atomic mass is 10.2. The maximum absolute atomic E-state index is 13.1. The number of benzene rings is 2. The van der Waals surface area contributed by atoms with Gasteiger partial charge >= 0.3 is 5.97 Å². The maximum Gasteiger partial charge on any atom is 0.338 e. The first kappa shape index (κ1) is 20.2. The van der Waals surface area contributed by atoms with Crippen LogP contribution in [0.5, 0.6) is 0 Å². The lowest BCUT2D eigenvalue weighted by Gasteiger charge is -2.23. The highest BCUT2D eigenvalue weighted by Crippen LogP contribution is 2.24. The predicted octanol–water partition coefficient (Wildman–Crippen LogP) is 2.10. The molecular formula is C19H20N2O5S. The fourth-order valence-electron chi connectivity index (χ4n) is 2.29. The first-order valence-electron chi connectivity index (χ1n) is 8.10. The van der Waals surface area contributed by atoms with Gasteiger partial charge in [-0.1, -0.05) is 30.3 Å². The van der Waals surface area contributed by atoms with Gasteiger partial charge in [0.15, 0.2) is 0 Å². The number of nitrogens with zero attached hydrogens (tertiary/aromatic N) is 1. The molecule has 0 aliphatic carbocycles. The number of ether oxygens (including phenoxy) is 1. The fourth-order valence-corrected chi connectivity index (χ4v) is 3.77. The van der Waals surface area contributed by atoms with Gasteiger partial charge in [0.25, 0.3) is 10.0 Å². The zero-order chi connectivity index (χ0) is 19.9. The van der Waals surface area contributed by atoms with E-state index in [1.807, 2.05) is 0 Å². The summed E-state index contributed by atoms with van der Waals surface area (Å²) < 4.78 is 32.3. The number of primary amides is 1. The average Bonchev–Trinajstić information content (AvgIpc) is 2.66. The highest BCUT2D eigenvalue weighted by molar-refractivity contribution is 7.92. The van der Waals surface area contributed by atoms with Gasteiger partial charge in [0.2, 0.25) is 5.91 Å². The molecule has 0 unspecified atom stereocenters. The summed E-state index contributed by atoms with van der Waals surface area (Å²) in [4.78, 5) is 22.7. The van der Waals surface area contributed by atoms with Crippen molar-refractivity contribution < 1.29 is 22.7 Å². The van der Waals surface area contributed by atoms with Crippen LogP contribution in [0.4, 0.5) is 5.69 Å². The SMILES string of the molecule is C=CCN(c1ccccc1)S(=O)(=O)c1cccc(C(=O)OCCC(N)=O)c1. The first-order valence-corrected chi connectivity index (χ1v) is 9.54. The first-order chi connectivity index (χ1) is 12.9. The summed E-state index contributed by atoms with van der Waals surface area (Å²) in [5.41, 5.74) is 5.53. The van der Waals surface area contributed by atoms with Crippen molar-refractivity contribution in [3.05, 3.63) is 72.8 Å². The molecule has 0 saturated heterocycles. The Morgan fingerprint density at radius 1 is 1.11 bits per heavy atom. The van der Waals surface area contributed by atoms with Crippen LogP contribution < -0.4 is 10.0 Å². The summed E-state index contributed by atoms with van der Waals surface area (Å²) in [5.74, 6) is -1.33. The molecule has 0 aliphatic rings. The summed E-state index contributed by atoms with van der Waals surface area (Å²) in [7, 11) is -3.93. The van der Waals surface area contributed by atoms with Crippen LogP contribution in [-0.4, -0.2) is 33.4 Å². The minimum Gasteiger partial charge on any atom is -0.462 e. The minimum absolute atomic E-state index is 0.0578. The molecule has 27 heavy (non-hydrogen) atoms. The number of hydrogen-bond donors (Lipinski definition) is 1. The number of anilines is 1. The molecule has 0 aromatic heterocycles. The molecule has 1 amide bonds.